The van der Waals surface area contributed by atoms with Crippen LogP contribution in [0.3, 0.4) is 0 Å². The van der Waals surface area contributed by atoms with Gasteiger partial charge in [-0.25, -0.2) is 4.98 Å². The summed E-state index contributed by atoms with van der Waals surface area (Å²) in [5.41, 5.74) is 6.20. The van der Waals surface area contributed by atoms with E-state index in [9.17, 15) is 9.90 Å². The molecule has 0 aliphatic rings. The maximum Gasteiger partial charge on any atom is 0.315 e. The molecule has 0 saturated heterocycles. The number of anilines is 1. The van der Waals surface area contributed by atoms with E-state index in [1.165, 1.54) is 4.57 Å². The van der Waals surface area contributed by atoms with Crippen LogP contribution in [0.25, 0.3) is 10.9 Å². The molecule has 7 nitrogen and oxygen atoms in total. The summed E-state index contributed by atoms with van der Waals surface area (Å²) in [7, 11) is 1.66. The number of fused-ring (bicyclic) bond motifs is 1. The first-order valence-corrected chi connectivity index (χ1v) is 7.98. The Balaban J connectivity index is 2.04. The third kappa shape index (κ3) is 2.90. The molecule has 3 aromatic rings. The molecule has 0 bridgehead atoms. The number of pyridine rings is 1. The van der Waals surface area contributed by atoms with Gasteiger partial charge in [0.1, 0.15) is 5.02 Å². The first-order chi connectivity index (χ1) is 11.8. The van der Waals surface area contributed by atoms with E-state index in [1.807, 2.05) is 6.07 Å². The van der Waals surface area contributed by atoms with E-state index >= 15 is 0 Å². The van der Waals surface area contributed by atoms with Crippen LogP contribution >= 0.6 is 34.8 Å². The fourth-order valence-corrected chi connectivity index (χ4v) is 2.86. The molecular formula is C15H10Cl3N5O2. The maximum atomic E-state index is 12.3. The lowest BCUT2D eigenvalue weighted by atomic mass is 10.2. The number of nitrogen functional groups attached to an aromatic ring is 1. The van der Waals surface area contributed by atoms with Crippen molar-refractivity contribution in [3.05, 3.63) is 45.2 Å². The van der Waals surface area contributed by atoms with Crippen molar-refractivity contribution in [2.45, 2.75) is 0 Å². The second-order valence-electron chi connectivity index (χ2n) is 5.05. The Hall–Kier alpha value is -2.35. The summed E-state index contributed by atoms with van der Waals surface area (Å²) in [4.78, 5) is 16.0. The Morgan fingerprint density at radius 2 is 1.92 bits per heavy atom. The molecule has 0 radical (unpaired) electrons. The summed E-state index contributed by atoms with van der Waals surface area (Å²) in [5.74, 6) is -1.01. The van der Waals surface area contributed by atoms with Crippen LogP contribution in [0, 0.1) is 0 Å². The lowest BCUT2D eigenvalue weighted by Gasteiger charge is -2.05. The minimum atomic E-state index is -0.873. The predicted octanol–water partition coefficient (Wildman–Crippen LogP) is 4.75. The molecule has 25 heavy (non-hydrogen) atoms. The highest BCUT2D eigenvalue weighted by Crippen LogP contribution is 2.38. The zero-order valence-electron chi connectivity index (χ0n) is 12.7. The molecule has 10 heteroatoms. The van der Waals surface area contributed by atoms with Crippen molar-refractivity contribution in [1.29, 1.82) is 0 Å². The molecule has 0 fully saturated rings. The largest absolute Gasteiger partial charge is 0.493 e. The van der Waals surface area contributed by atoms with E-state index < -0.39 is 5.91 Å². The van der Waals surface area contributed by atoms with Gasteiger partial charge in [0.05, 0.1) is 16.2 Å². The summed E-state index contributed by atoms with van der Waals surface area (Å²) >= 11 is 17.6. The van der Waals surface area contributed by atoms with Gasteiger partial charge in [-0.2, -0.15) is 0 Å². The zero-order chi connectivity index (χ0) is 18.3. The van der Waals surface area contributed by atoms with Gasteiger partial charge in [0, 0.05) is 12.4 Å². The molecule has 128 valence electrons. The van der Waals surface area contributed by atoms with Crippen LogP contribution in [-0.2, 0) is 7.05 Å². The van der Waals surface area contributed by atoms with Gasteiger partial charge < -0.3 is 15.4 Å². The number of benzene rings is 1. The van der Waals surface area contributed by atoms with Gasteiger partial charge in [-0.05, 0) is 6.07 Å². The molecule has 1 aromatic carbocycles. The average molecular weight is 399 g/mol. The first kappa shape index (κ1) is 17.5. The number of nitrogens with zero attached hydrogens (tertiary/aromatic N) is 4. The number of rotatable bonds is 2. The second-order valence-corrected chi connectivity index (χ2v) is 6.16. The van der Waals surface area contributed by atoms with E-state index in [4.69, 9.17) is 40.5 Å². The fraction of sp³-hybridized carbons (Fsp3) is 0.0667. The molecule has 0 unspecified atom stereocenters. The molecule has 2 heterocycles. The number of aromatic nitrogens is 2. The summed E-state index contributed by atoms with van der Waals surface area (Å²) in [6.07, 6.45) is 0. The number of carbonyl (C=O) groups excluding carboxylic acids is 1. The number of halogens is 3. The van der Waals surface area contributed by atoms with Crippen molar-refractivity contribution in [3.8, 4) is 5.88 Å². The topological polar surface area (TPSA) is 106 Å². The Morgan fingerprint density at radius 1 is 1.24 bits per heavy atom. The minimum Gasteiger partial charge on any atom is -0.493 e. The smallest absolute Gasteiger partial charge is 0.315 e. The van der Waals surface area contributed by atoms with Crippen LogP contribution in [0.1, 0.15) is 10.5 Å². The van der Waals surface area contributed by atoms with Crippen molar-refractivity contribution in [3.63, 3.8) is 0 Å². The molecule has 3 N–H and O–H groups in total. The number of nitrogens with two attached hydrogens (primary N) is 1. The van der Waals surface area contributed by atoms with Crippen LogP contribution in [0.5, 0.6) is 5.88 Å². The highest BCUT2D eigenvalue weighted by molar-refractivity contribution is 6.46. The normalized spacial score (nSPS) is 11.5. The standard InChI is InChI=1S/C15H10Cl3N5O2/c1-23-7-5-3-2-4-6(7)11(15(23)25)21-22-14(24)12-8(16)10(19)9(17)13(18)20-12/h2-5,25H,1H3,(H2,19,20). The van der Waals surface area contributed by atoms with E-state index in [-0.39, 0.29) is 38.1 Å². The van der Waals surface area contributed by atoms with Gasteiger partial charge in [-0.15, -0.1) is 10.2 Å². The third-order valence-electron chi connectivity index (χ3n) is 3.57. The molecule has 0 saturated carbocycles. The van der Waals surface area contributed by atoms with Crippen LogP contribution in [0.15, 0.2) is 34.5 Å². The number of para-hydroxylation sites is 1. The van der Waals surface area contributed by atoms with Crippen molar-refractivity contribution < 1.29 is 9.90 Å². The van der Waals surface area contributed by atoms with Gasteiger partial charge in [0.25, 0.3) is 0 Å². The number of hydrogen-bond donors (Lipinski definition) is 2. The van der Waals surface area contributed by atoms with E-state index in [2.05, 4.69) is 15.2 Å². The maximum absolute atomic E-state index is 12.3. The average Bonchev–Trinajstić information content (AvgIpc) is 2.85. The number of hydrogen-bond acceptors (Lipinski definition) is 5. The predicted molar refractivity (Wildman–Crippen MR) is 97.1 cm³/mol. The number of amides is 1. The summed E-state index contributed by atoms with van der Waals surface area (Å²) in [6.45, 7) is 0. The molecule has 2 aromatic heterocycles. The van der Waals surface area contributed by atoms with Crippen molar-refractivity contribution >= 4 is 63.0 Å². The van der Waals surface area contributed by atoms with Gasteiger partial charge in [0.15, 0.2) is 16.5 Å². The highest BCUT2D eigenvalue weighted by atomic mass is 35.5. The van der Waals surface area contributed by atoms with E-state index in [0.717, 1.165) is 5.52 Å². The number of aromatic hydroxyl groups is 1. The second kappa shape index (κ2) is 6.51. The molecule has 3 rings (SSSR count). The highest BCUT2D eigenvalue weighted by Gasteiger charge is 2.20. The van der Waals surface area contributed by atoms with Crippen molar-refractivity contribution in [2.24, 2.45) is 17.3 Å². The quantitative estimate of drug-likeness (QED) is 0.480. The van der Waals surface area contributed by atoms with Crippen LogP contribution < -0.4 is 5.73 Å². The van der Waals surface area contributed by atoms with Crippen molar-refractivity contribution in [2.75, 3.05) is 5.73 Å². The lowest BCUT2D eigenvalue weighted by molar-refractivity contribution is 0.0990. The van der Waals surface area contributed by atoms with E-state index in [0.29, 0.717) is 5.39 Å². The Kier molecular flexibility index (Phi) is 4.55. The first-order valence-electron chi connectivity index (χ1n) is 6.85. The fourth-order valence-electron chi connectivity index (χ4n) is 2.27. The van der Waals surface area contributed by atoms with E-state index in [1.54, 1.807) is 25.2 Å². The third-order valence-corrected chi connectivity index (χ3v) is 4.70. The van der Waals surface area contributed by atoms with Gasteiger partial charge in [-0.1, -0.05) is 53.0 Å². The van der Waals surface area contributed by atoms with Gasteiger partial charge in [-0.3, -0.25) is 4.79 Å². The number of carbonyl (C=O) groups is 1. The summed E-state index contributed by atoms with van der Waals surface area (Å²) in [5, 5.41) is 17.8. The molecule has 0 atom stereocenters. The van der Waals surface area contributed by atoms with Gasteiger partial charge >= 0.3 is 5.91 Å². The van der Waals surface area contributed by atoms with Crippen LogP contribution in [0.2, 0.25) is 15.2 Å². The number of azo groups is 1. The summed E-state index contributed by atoms with van der Waals surface area (Å²) < 4.78 is 1.52. The molecular weight excluding hydrogens is 389 g/mol. The minimum absolute atomic E-state index is 0.0492. The molecule has 0 aliphatic heterocycles. The molecule has 1 amide bonds. The SMILES string of the molecule is Cn1c(O)c(N=NC(=O)c2nc(Cl)c(Cl)c(N)c2Cl)c2ccccc21. The van der Waals surface area contributed by atoms with Crippen LogP contribution in [0.4, 0.5) is 11.4 Å². The van der Waals surface area contributed by atoms with Crippen LogP contribution in [-0.4, -0.2) is 20.6 Å². The Bertz CT molecular complexity index is 1050. The van der Waals surface area contributed by atoms with Gasteiger partial charge in [0.2, 0.25) is 5.88 Å². The Labute approximate surface area is 156 Å². The molecule has 0 aliphatic carbocycles. The number of aryl methyl sites for hydroxylation is 1. The monoisotopic (exact) mass is 397 g/mol. The summed E-state index contributed by atoms with van der Waals surface area (Å²) in [6, 6.07) is 7.14. The van der Waals surface area contributed by atoms with Crippen molar-refractivity contribution in [1.82, 2.24) is 9.55 Å². The Morgan fingerprint density at radius 3 is 2.64 bits per heavy atom. The zero-order valence-corrected chi connectivity index (χ0v) is 14.9. The lowest BCUT2D eigenvalue weighted by Crippen LogP contribution is -2.03. The molecule has 0 spiro atoms.